The molecule has 0 heterocycles. The predicted molar refractivity (Wildman–Crippen MR) is 70.6 cm³/mol. The molecule has 0 saturated carbocycles. The lowest BCUT2D eigenvalue weighted by molar-refractivity contribution is -0.386. The summed E-state index contributed by atoms with van der Waals surface area (Å²) in [5.41, 5.74) is -0.181. The van der Waals surface area contributed by atoms with Crippen LogP contribution in [0.25, 0.3) is 0 Å². The summed E-state index contributed by atoms with van der Waals surface area (Å²) in [6.45, 7) is 4.67. The molecular weight excluding hydrogens is 274 g/mol. The van der Waals surface area contributed by atoms with Crippen molar-refractivity contribution >= 4 is 17.3 Å². The van der Waals surface area contributed by atoms with E-state index < -0.39 is 11.2 Å². The Kier molecular flexibility index (Phi) is 6.55. The molecule has 0 atom stereocenters. The summed E-state index contributed by atoms with van der Waals surface area (Å²) >= 11 is 5.71. The minimum atomic E-state index is -0.551. The van der Waals surface area contributed by atoms with Crippen LogP contribution in [0, 0.1) is 10.1 Å². The molecule has 0 radical (unpaired) electrons. The molecule has 0 aliphatic carbocycles. The Morgan fingerprint density at radius 1 is 1.32 bits per heavy atom. The monoisotopic (exact) mass is 289 g/mol. The summed E-state index contributed by atoms with van der Waals surface area (Å²) in [7, 11) is 0. The standard InChI is InChI=1S/C12H16ClNO5/c1-3-17-12(18-4-2)8-19-11-6-5-9(13)7-10(11)14(15)16/h5-7,12H,3-4,8H2,1-2H3. The van der Waals surface area contributed by atoms with Crippen molar-refractivity contribution in [2.45, 2.75) is 20.1 Å². The summed E-state index contributed by atoms with van der Waals surface area (Å²) in [6, 6.07) is 4.23. The Labute approximate surface area is 116 Å². The molecule has 0 fully saturated rings. The van der Waals surface area contributed by atoms with Crippen molar-refractivity contribution in [3.63, 3.8) is 0 Å². The molecule has 1 aromatic carbocycles. The first-order valence-electron chi connectivity index (χ1n) is 5.88. The van der Waals surface area contributed by atoms with E-state index in [1.54, 1.807) is 0 Å². The van der Waals surface area contributed by atoms with Crippen molar-refractivity contribution in [2.75, 3.05) is 19.8 Å². The number of halogens is 1. The third kappa shape index (κ3) is 5.02. The molecule has 19 heavy (non-hydrogen) atoms. The first kappa shape index (κ1) is 15.7. The van der Waals surface area contributed by atoms with Crippen molar-refractivity contribution in [3.8, 4) is 5.75 Å². The fourth-order valence-corrected chi connectivity index (χ4v) is 1.60. The predicted octanol–water partition coefficient (Wildman–Crippen LogP) is 3.03. The second kappa shape index (κ2) is 7.93. The molecule has 1 aromatic rings. The zero-order chi connectivity index (χ0) is 14.3. The van der Waals surface area contributed by atoms with Crippen LogP contribution in [0.15, 0.2) is 18.2 Å². The van der Waals surface area contributed by atoms with Crippen molar-refractivity contribution in [3.05, 3.63) is 33.3 Å². The summed E-state index contributed by atoms with van der Waals surface area (Å²) in [5, 5.41) is 11.2. The highest BCUT2D eigenvalue weighted by molar-refractivity contribution is 6.30. The van der Waals surface area contributed by atoms with Gasteiger partial charge in [0.05, 0.1) is 4.92 Å². The number of nitrogens with zero attached hydrogens (tertiary/aromatic N) is 1. The SMILES string of the molecule is CCOC(COc1ccc(Cl)cc1[N+](=O)[O-])OCC. The van der Waals surface area contributed by atoms with Crippen LogP contribution in [-0.4, -0.2) is 31.0 Å². The quantitative estimate of drug-likeness (QED) is 0.418. The Morgan fingerprint density at radius 2 is 1.95 bits per heavy atom. The lowest BCUT2D eigenvalue weighted by atomic mass is 10.3. The Bertz CT molecular complexity index is 421. The van der Waals surface area contributed by atoms with Gasteiger partial charge >= 0.3 is 5.69 Å². The molecule has 0 spiro atoms. The number of nitro benzene ring substituents is 1. The molecule has 0 saturated heterocycles. The van der Waals surface area contributed by atoms with E-state index in [4.69, 9.17) is 25.8 Å². The molecule has 106 valence electrons. The van der Waals surface area contributed by atoms with Crippen LogP contribution in [-0.2, 0) is 9.47 Å². The van der Waals surface area contributed by atoms with Gasteiger partial charge in [-0.15, -0.1) is 0 Å². The average molecular weight is 290 g/mol. The third-order valence-corrected chi connectivity index (χ3v) is 2.43. The van der Waals surface area contributed by atoms with Gasteiger partial charge < -0.3 is 14.2 Å². The summed E-state index contributed by atoms with van der Waals surface area (Å²) in [4.78, 5) is 10.3. The zero-order valence-electron chi connectivity index (χ0n) is 10.8. The Morgan fingerprint density at radius 3 is 2.47 bits per heavy atom. The second-order valence-electron chi connectivity index (χ2n) is 3.52. The van der Waals surface area contributed by atoms with Gasteiger partial charge in [0.2, 0.25) is 0 Å². The van der Waals surface area contributed by atoms with Crippen molar-refractivity contribution in [1.82, 2.24) is 0 Å². The number of benzene rings is 1. The van der Waals surface area contributed by atoms with Crippen LogP contribution in [0.5, 0.6) is 5.75 Å². The van der Waals surface area contributed by atoms with E-state index in [1.807, 2.05) is 13.8 Å². The minimum Gasteiger partial charge on any atom is -0.481 e. The topological polar surface area (TPSA) is 70.8 Å². The highest BCUT2D eigenvalue weighted by atomic mass is 35.5. The molecule has 7 heteroatoms. The fourth-order valence-electron chi connectivity index (χ4n) is 1.43. The van der Waals surface area contributed by atoms with E-state index in [1.165, 1.54) is 18.2 Å². The first-order chi connectivity index (χ1) is 9.08. The maximum atomic E-state index is 10.9. The van der Waals surface area contributed by atoms with Crippen LogP contribution < -0.4 is 4.74 Å². The molecule has 0 amide bonds. The number of hydrogen-bond donors (Lipinski definition) is 0. The molecule has 6 nitrogen and oxygen atoms in total. The number of hydrogen-bond acceptors (Lipinski definition) is 5. The highest BCUT2D eigenvalue weighted by Crippen LogP contribution is 2.30. The van der Waals surface area contributed by atoms with Gasteiger partial charge in [-0.25, -0.2) is 0 Å². The van der Waals surface area contributed by atoms with Crippen molar-refractivity contribution < 1.29 is 19.1 Å². The number of ether oxygens (including phenoxy) is 3. The largest absolute Gasteiger partial charge is 0.481 e. The maximum Gasteiger partial charge on any atom is 0.312 e. The van der Waals surface area contributed by atoms with E-state index in [0.29, 0.717) is 13.2 Å². The van der Waals surface area contributed by atoms with E-state index in [-0.39, 0.29) is 23.1 Å². The summed E-state index contributed by atoms with van der Waals surface area (Å²) in [5.74, 6) is 0.138. The van der Waals surface area contributed by atoms with Gasteiger partial charge in [0, 0.05) is 24.3 Å². The molecule has 0 aromatic heterocycles. The van der Waals surface area contributed by atoms with Crippen LogP contribution in [0.2, 0.25) is 5.02 Å². The summed E-state index contributed by atoms with van der Waals surface area (Å²) < 4.78 is 15.9. The van der Waals surface area contributed by atoms with Gasteiger partial charge in [-0.3, -0.25) is 10.1 Å². The third-order valence-electron chi connectivity index (χ3n) is 2.20. The normalized spacial score (nSPS) is 10.7. The van der Waals surface area contributed by atoms with E-state index in [0.717, 1.165) is 0 Å². The zero-order valence-corrected chi connectivity index (χ0v) is 11.6. The van der Waals surface area contributed by atoms with Crippen LogP contribution in [0.4, 0.5) is 5.69 Å². The lowest BCUT2D eigenvalue weighted by Crippen LogP contribution is -2.25. The van der Waals surface area contributed by atoms with Gasteiger partial charge in [-0.05, 0) is 26.0 Å². The molecule has 0 aliphatic heterocycles. The lowest BCUT2D eigenvalue weighted by Gasteiger charge is -2.17. The van der Waals surface area contributed by atoms with Crippen LogP contribution >= 0.6 is 11.6 Å². The van der Waals surface area contributed by atoms with Gasteiger partial charge in [0.15, 0.2) is 12.0 Å². The smallest absolute Gasteiger partial charge is 0.312 e. The van der Waals surface area contributed by atoms with Crippen molar-refractivity contribution in [1.29, 1.82) is 0 Å². The second-order valence-corrected chi connectivity index (χ2v) is 3.96. The summed E-state index contributed by atoms with van der Waals surface area (Å²) in [6.07, 6.45) is -0.551. The Balaban J connectivity index is 2.73. The molecular formula is C12H16ClNO5. The minimum absolute atomic E-state index is 0.0736. The molecule has 0 aliphatic rings. The molecule has 0 N–H and O–H groups in total. The van der Waals surface area contributed by atoms with Gasteiger partial charge in [0.1, 0.15) is 6.61 Å². The van der Waals surface area contributed by atoms with Crippen molar-refractivity contribution in [2.24, 2.45) is 0 Å². The van der Waals surface area contributed by atoms with Gasteiger partial charge in [-0.1, -0.05) is 11.6 Å². The van der Waals surface area contributed by atoms with E-state index in [2.05, 4.69) is 0 Å². The number of rotatable bonds is 8. The fraction of sp³-hybridized carbons (Fsp3) is 0.500. The number of nitro groups is 1. The first-order valence-corrected chi connectivity index (χ1v) is 6.26. The Hall–Kier alpha value is -1.37. The van der Waals surface area contributed by atoms with Crippen LogP contribution in [0.1, 0.15) is 13.8 Å². The van der Waals surface area contributed by atoms with Gasteiger partial charge in [-0.2, -0.15) is 0 Å². The average Bonchev–Trinajstić information content (AvgIpc) is 2.37. The van der Waals surface area contributed by atoms with E-state index in [9.17, 15) is 10.1 Å². The van der Waals surface area contributed by atoms with Gasteiger partial charge in [0.25, 0.3) is 0 Å². The van der Waals surface area contributed by atoms with E-state index >= 15 is 0 Å². The van der Waals surface area contributed by atoms with Crippen LogP contribution in [0.3, 0.4) is 0 Å². The molecule has 0 unspecified atom stereocenters. The molecule has 0 bridgehead atoms. The highest BCUT2D eigenvalue weighted by Gasteiger charge is 2.17. The maximum absolute atomic E-state index is 10.9. The molecule has 1 rings (SSSR count).